The number of hydrogen-bond donors (Lipinski definition) is 1. The number of aryl methyl sites for hydroxylation is 1. The summed E-state index contributed by atoms with van der Waals surface area (Å²) in [5, 5.41) is 0. The lowest BCUT2D eigenvalue weighted by molar-refractivity contribution is -0.116. The van der Waals surface area contributed by atoms with Crippen LogP contribution in [-0.4, -0.2) is 26.6 Å². The second-order valence-corrected chi connectivity index (χ2v) is 8.86. The van der Waals surface area contributed by atoms with Gasteiger partial charge in [0.15, 0.2) is 0 Å². The number of amides is 1. The molecule has 0 unspecified atom stereocenters. The molecule has 0 bridgehead atoms. The zero-order valence-corrected chi connectivity index (χ0v) is 15.8. The molecule has 1 aliphatic heterocycles. The maximum atomic E-state index is 12.6. The molecular formula is C18H20N2O3S2. The van der Waals surface area contributed by atoms with Gasteiger partial charge in [0.1, 0.15) is 0 Å². The summed E-state index contributed by atoms with van der Waals surface area (Å²) in [6, 6.07) is 12.6. The minimum atomic E-state index is -3.65. The Labute approximate surface area is 152 Å². The van der Waals surface area contributed by atoms with Crippen LogP contribution in [0.15, 0.2) is 52.3 Å². The molecule has 25 heavy (non-hydrogen) atoms. The lowest BCUT2D eigenvalue weighted by Crippen LogP contribution is -2.33. The third kappa shape index (κ3) is 4.05. The van der Waals surface area contributed by atoms with E-state index in [1.54, 1.807) is 34.9 Å². The zero-order valence-electron chi connectivity index (χ0n) is 14.2. The Morgan fingerprint density at radius 1 is 1.20 bits per heavy atom. The minimum absolute atomic E-state index is 0.0799. The summed E-state index contributed by atoms with van der Waals surface area (Å²) < 4.78 is 27.9. The first-order valence-corrected chi connectivity index (χ1v) is 10.4. The molecule has 0 saturated carbocycles. The number of anilines is 1. The molecular weight excluding hydrogens is 356 g/mol. The van der Waals surface area contributed by atoms with E-state index in [-0.39, 0.29) is 17.3 Å². The SMILES string of the molecule is CC(=O)N1CCSc2ccc(S(=O)(=O)NCc3ccc(C)cc3)cc21. The van der Waals surface area contributed by atoms with Gasteiger partial charge in [-0.25, -0.2) is 13.1 Å². The van der Waals surface area contributed by atoms with E-state index >= 15 is 0 Å². The molecule has 3 rings (SSSR count). The molecule has 1 aliphatic rings. The van der Waals surface area contributed by atoms with Crippen molar-refractivity contribution in [2.75, 3.05) is 17.2 Å². The highest BCUT2D eigenvalue weighted by Gasteiger charge is 2.23. The van der Waals surface area contributed by atoms with E-state index in [0.29, 0.717) is 12.2 Å². The van der Waals surface area contributed by atoms with Crippen LogP contribution < -0.4 is 9.62 Å². The number of nitrogens with one attached hydrogen (secondary N) is 1. The van der Waals surface area contributed by atoms with Gasteiger partial charge in [-0.05, 0) is 30.7 Å². The number of nitrogens with zero attached hydrogens (tertiary/aromatic N) is 1. The molecule has 0 aliphatic carbocycles. The highest BCUT2D eigenvalue weighted by atomic mass is 32.2. The number of rotatable bonds is 4. The lowest BCUT2D eigenvalue weighted by atomic mass is 10.2. The van der Waals surface area contributed by atoms with Crippen LogP contribution >= 0.6 is 11.8 Å². The fourth-order valence-electron chi connectivity index (χ4n) is 2.66. The first-order valence-electron chi connectivity index (χ1n) is 7.97. The Kier molecular flexibility index (Phi) is 5.17. The summed E-state index contributed by atoms with van der Waals surface area (Å²) in [5.41, 5.74) is 2.69. The smallest absolute Gasteiger partial charge is 0.240 e. The Balaban J connectivity index is 1.83. The molecule has 0 spiro atoms. The highest BCUT2D eigenvalue weighted by Crippen LogP contribution is 2.36. The maximum Gasteiger partial charge on any atom is 0.240 e. The van der Waals surface area contributed by atoms with Crippen LogP contribution in [0, 0.1) is 6.92 Å². The summed E-state index contributed by atoms with van der Waals surface area (Å²) >= 11 is 1.63. The third-order valence-electron chi connectivity index (χ3n) is 4.07. The monoisotopic (exact) mass is 376 g/mol. The highest BCUT2D eigenvalue weighted by molar-refractivity contribution is 7.99. The summed E-state index contributed by atoms with van der Waals surface area (Å²) in [7, 11) is -3.65. The van der Waals surface area contributed by atoms with Gasteiger partial charge in [0, 0.05) is 30.7 Å². The Hall–Kier alpha value is -1.83. The van der Waals surface area contributed by atoms with Crippen LogP contribution in [0.5, 0.6) is 0 Å². The summed E-state index contributed by atoms with van der Waals surface area (Å²) in [6.07, 6.45) is 0. The van der Waals surface area contributed by atoms with Gasteiger partial charge in [-0.3, -0.25) is 4.79 Å². The minimum Gasteiger partial charge on any atom is -0.311 e. The fraction of sp³-hybridized carbons (Fsp3) is 0.278. The van der Waals surface area contributed by atoms with Gasteiger partial charge in [0.25, 0.3) is 0 Å². The molecule has 0 atom stereocenters. The maximum absolute atomic E-state index is 12.6. The molecule has 5 nitrogen and oxygen atoms in total. The third-order valence-corrected chi connectivity index (χ3v) is 6.51. The van der Waals surface area contributed by atoms with Gasteiger partial charge < -0.3 is 4.90 Å². The van der Waals surface area contributed by atoms with Crippen molar-refractivity contribution in [2.45, 2.75) is 30.2 Å². The standard InChI is InChI=1S/C18H20N2O3S2/c1-13-3-5-15(6-4-13)12-19-25(22,23)16-7-8-18-17(11-16)20(14(2)21)9-10-24-18/h3-8,11,19H,9-10,12H2,1-2H3. The van der Waals surface area contributed by atoms with Crippen molar-refractivity contribution >= 4 is 33.4 Å². The van der Waals surface area contributed by atoms with Crippen molar-refractivity contribution in [1.82, 2.24) is 4.72 Å². The van der Waals surface area contributed by atoms with E-state index in [1.165, 1.54) is 6.92 Å². The van der Waals surface area contributed by atoms with E-state index < -0.39 is 10.0 Å². The lowest BCUT2D eigenvalue weighted by Gasteiger charge is -2.28. The van der Waals surface area contributed by atoms with E-state index in [2.05, 4.69) is 4.72 Å². The zero-order chi connectivity index (χ0) is 18.0. The van der Waals surface area contributed by atoms with Crippen LogP contribution in [0.1, 0.15) is 18.1 Å². The number of carbonyl (C=O) groups excluding carboxylic acids is 1. The van der Waals surface area contributed by atoms with Gasteiger partial charge in [-0.15, -0.1) is 11.8 Å². The quantitative estimate of drug-likeness (QED) is 0.891. The van der Waals surface area contributed by atoms with Crippen LogP contribution in [0.3, 0.4) is 0 Å². The topological polar surface area (TPSA) is 66.5 Å². The molecule has 2 aromatic rings. The molecule has 132 valence electrons. The predicted molar refractivity (Wildman–Crippen MR) is 100 cm³/mol. The summed E-state index contributed by atoms with van der Waals surface area (Å²) in [6.45, 7) is 4.30. The van der Waals surface area contributed by atoms with Gasteiger partial charge >= 0.3 is 0 Å². The van der Waals surface area contributed by atoms with Crippen LogP contribution in [0.4, 0.5) is 5.69 Å². The average Bonchev–Trinajstić information content (AvgIpc) is 2.60. The number of hydrogen-bond acceptors (Lipinski definition) is 4. The molecule has 7 heteroatoms. The van der Waals surface area contributed by atoms with Gasteiger partial charge in [0.2, 0.25) is 15.9 Å². The normalized spacial score (nSPS) is 14.2. The van der Waals surface area contributed by atoms with Crippen molar-refractivity contribution in [2.24, 2.45) is 0 Å². The van der Waals surface area contributed by atoms with Crippen LogP contribution in [-0.2, 0) is 21.4 Å². The first-order chi connectivity index (χ1) is 11.9. The molecule has 1 amide bonds. The Morgan fingerprint density at radius 3 is 2.60 bits per heavy atom. The average molecular weight is 377 g/mol. The predicted octanol–water partition coefficient (Wildman–Crippen LogP) is 2.93. The molecule has 0 radical (unpaired) electrons. The van der Waals surface area contributed by atoms with E-state index in [1.807, 2.05) is 31.2 Å². The number of thioether (sulfide) groups is 1. The summed E-state index contributed by atoms with van der Waals surface area (Å²) in [4.78, 5) is 14.5. The van der Waals surface area contributed by atoms with Gasteiger partial charge in [0.05, 0.1) is 10.6 Å². The van der Waals surface area contributed by atoms with Crippen molar-refractivity contribution in [1.29, 1.82) is 0 Å². The van der Waals surface area contributed by atoms with E-state index in [9.17, 15) is 13.2 Å². The number of benzene rings is 2. The van der Waals surface area contributed by atoms with Crippen molar-refractivity contribution < 1.29 is 13.2 Å². The van der Waals surface area contributed by atoms with Crippen molar-refractivity contribution in [3.05, 3.63) is 53.6 Å². The second-order valence-electron chi connectivity index (χ2n) is 5.96. The number of fused-ring (bicyclic) bond motifs is 1. The summed E-state index contributed by atoms with van der Waals surface area (Å²) in [5.74, 6) is 0.730. The van der Waals surface area contributed by atoms with E-state index in [4.69, 9.17) is 0 Å². The van der Waals surface area contributed by atoms with Crippen molar-refractivity contribution in [3.63, 3.8) is 0 Å². The van der Waals surface area contributed by atoms with Crippen LogP contribution in [0.2, 0.25) is 0 Å². The van der Waals surface area contributed by atoms with Gasteiger partial charge in [-0.2, -0.15) is 0 Å². The molecule has 1 N–H and O–H groups in total. The largest absolute Gasteiger partial charge is 0.311 e. The van der Waals surface area contributed by atoms with Gasteiger partial charge in [-0.1, -0.05) is 29.8 Å². The molecule has 0 aromatic heterocycles. The Morgan fingerprint density at radius 2 is 1.92 bits per heavy atom. The fourth-order valence-corrected chi connectivity index (χ4v) is 4.67. The molecule has 0 fully saturated rings. The molecule has 1 heterocycles. The molecule has 2 aromatic carbocycles. The molecule has 0 saturated heterocycles. The second kappa shape index (κ2) is 7.19. The Bertz CT molecular complexity index is 893. The van der Waals surface area contributed by atoms with Crippen LogP contribution in [0.25, 0.3) is 0 Å². The number of carbonyl (C=O) groups is 1. The van der Waals surface area contributed by atoms with Crippen molar-refractivity contribution in [3.8, 4) is 0 Å². The first kappa shape index (κ1) is 18.0. The number of sulfonamides is 1. The van der Waals surface area contributed by atoms with E-state index in [0.717, 1.165) is 21.8 Å².